The molecule has 2 aliphatic heterocycles. The monoisotopic (exact) mass is 324 g/mol. The number of aromatic nitrogens is 2. The summed E-state index contributed by atoms with van der Waals surface area (Å²) in [6.07, 6.45) is 5.66. The molecule has 2 amide bonds. The topological polar surface area (TPSA) is 58.4 Å². The van der Waals surface area contributed by atoms with Crippen molar-refractivity contribution in [1.82, 2.24) is 19.6 Å². The van der Waals surface area contributed by atoms with E-state index < -0.39 is 0 Å². The van der Waals surface area contributed by atoms with Crippen LogP contribution < -0.4 is 0 Å². The highest BCUT2D eigenvalue weighted by Gasteiger charge is 2.33. The van der Waals surface area contributed by atoms with Crippen molar-refractivity contribution in [2.24, 2.45) is 0 Å². The number of nitrogens with zero attached hydrogens (tertiary/aromatic N) is 4. The molecule has 1 saturated heterocycles. The third kappa shape index (κ3) is 2.68. The van der Waals surface area contributed by atoms with Gasteiger partial charge in [0.1, 0.15) is 6.54 Å². The minimum Gasteiger partial charge on any atom is -0.336 e. The fourth-order valence-corrected chi connectivity index (χ4v) is 3.67. The molecule has 124 valence electrons. The molecule has 2 aromatic rings. The molecule has 0 bridgehead atoms. The lowest BCUT2D eigenvalue weighted by molar-refractivity contribution is -0.133. The molecule has 6 nitrogen and oxygen atoms in total. The quantitative estimate of drug-likeness (QED) is 0.857. The van der Waals surface area contributed by atoms with Gasteiger partial charge in [-0.15, -0.1) is 0 Å². The van der Waals surface area contributed by atoms with Gasteiger partial charge in [-0.2, -0.15) is 5.10 Å². The van der Waals surface area contributed by atoms with Crippen molar-refractivity contribution >= 4 is 11.8 Å². The maximum Gasteiger partial charge on any atom is 0.254 e. The second-order valence-electron chi connectivity index (χ2n) is 6.43. The van der Waals surface area contributed by atoms with Crippen molar-refractivity contribution in [2.75, 3.05) is 13.1 Å². The SMILES string of the molecule is O=C1c2ccccc2CN1CC(=O)N1CCC[C@H]1Cn1cccn1. The van der Waals surface area contributed by atoms with Crippen LogP contribution in [0, 0.1) is 0 Å². The highest BCUT2D eigenvalue weighted by Crippen LogP contribution is 2.24. The van der Waals surface area contributed by atoms with Gasteiger partial charge in [-0.05, 0) is 30.5 Å². The van der Waals surface area contributed by atoms with Gasteiger partial charge < -0.3 is 9.80 Å². The number of likely N-dealkylation sites (tertiary alicyclic amines) is 1. The van der Waals surface area contributed by atoms with Crippen LogP contribution in [0.4, 0.5) is 0 Å². The van der Waals surface area contributed by atoms with Crippen LogP contribution in [-0.4, -0.2) is 50.5 Å². The summed E-state index contributed by atoms with van der Waals surface area (Å²) in [4.78, 5) is 28.7. The second kappa shape index (κ2) is 6.11. The Labute approximate surface area is 140 Å². The third-order valence-electron chi connectivity index (χ3n) is 4.88. The van der Waals surface area contributed by atoms with E-state index in [1.54, 1.807) is 11.1 Å². The number of benzene rings is 1. The van der Waals surface area contributed by atoms with Crippen LogP contribution in [0.3, 0.4) is 0 Å². The number of rotatable bonds is 4. The molecule has 0 spiro atoms. The zero-order valence-electron chi connectivity index (χ0n) is 13.5. The van der Waals surface area contributed by atoms with E-state index in [9.17, 15) is 9.59 Å². The van der Waals surface area contributed by atoms with Crippen LogP contribution in [-0.2, 0) is 17.9 Å². The lowest BCUT2D eigenvalue weighted by Gasteiger charge is -2.27. The molecule has 4 rings (SSSR count). The summed E-state index contributed by atoms with van der Waals surface area (Å²) in [5.41, 5.74) is 1.73. The minimum atomic E-state index is -0.0400. The predicted molar refractivity (Wildman–Crippen MR) is 88.1 cm³/mol. The molecule has 0 radical (unpaired) electrons. The van der Waals surface area contributed by atoms with Gasteiger partial charge in [0.2, 0.25) is 5.91 Å². The Morgan fingerprint density at radius 2 is 2.12 bits per heavy atom. The van der Waals surface area contributed by atoms with Crippen LogP contribution in [0.1, 0.15) is 28.8 Å². The van der Waals surface area contributed by atoms with Crippen LogP contribution in [0.15, 0.2) is 42.7 Å². The van der Waals surface area contributed by atoms with Crippen molar-refractivity contribution in [3.63, 3.8) is 0 Å². The van der Waals surface area contributed by atoms with E-state index in [0.29, 0.717) is 13.1 Å². The van der Waals surface area contributed by atoms with E-state index in [1.807, 2.05) is 46.1 Å². The predicted octanol–water partition coefficient (Wildman–Crippen LogP) is 1.53. The van der Waals surface area contributed by atoms with Crippen molar-refractivity contribution < 1.29 is 9.59 Å². The molecule has 1 aromatic heterocycles. The van der Waals surface area contributed by atoms with Crippen LogP contribution in [0.5, 0.6) is 0 Å². The number of hydrogen-bond donors (Lipinski definition) is 0. The van der Waals surface area contributed by atoms with E-state index in [4.69, 9.17) is 0 Å². The number of hydrogen-bond acceptors (Lipinski definition) is 3. The standard InChI is InChI=1S/C18H20N4O2/c23-17(13-20-11-14-5-1-2-7-16(14)18(20)24)22-10-3-6-15(22)12-21-9-4-8-19-21/h1-2,4-5,7-9,15H,3,6,10-13H2/t15-/m0/s1. The average Bonchev–Trinajstić information content (AvgIpc) is 3.31. The van der Waals surface area contributed by atoms with Crippen molar-refractivity contribution in [3.05, 3.63) is 53.9 Å². The van der Waals surface area contributed by atoms with Gasteiger partial charge in [0.05, 0.1) is 12.6 Å². The highest BCUT2D eigenvalue weighted by atomic mass is 16.2. The highest BCUT2D eigenvalue weighted by molar-refractivity contribution is 6.00. The van der Waals surface area contributed by atoms with Gasteiger partial charge >= 0.3 is 0 Å². The lowest BCUT2D eigenvalue weighted by atomic mass is 10.1. The van der Waals surface area contributed by atoms with E-state index in [0.717, 1.165) is 30.5 Å². The molecule has 0 aliphatic carbocycles. The summed E-state index contributed by atoms with van der Waals surface area (Å²) in [6, 6.07) is 9.63. The molecule has 0 saturated carbocycles. The van der Waals surface area contributed by atoms with E-state index in [-0.39, 0.29) is 24.4 Å². The number of carbonyl (C=O) groups excluding carboxylic acids is 2. The first-order chi connectivity index (χ1) is 11.7. The molecular formula is C18H20N4O2. The Hall–Kier alpha value is -2.63. The molecular weight excluding hydrogens is 304 g/mol. The molecule has 3 heterocycles. The minimum absolute atomic E-state index is 0.0332. The largest absolute Gasteiger partial charge is 0.336 e. The maximum absolute atomic E-state index is 12.7. The number of carbonyl (C=O) groups is 2. The van der Waals surface area contributed by atoms with E-state index in [2.05, 4.69) is 5.10 Å². The third-order valence-corrected chi connectivity index (χ3v) is 4.88. The molecule has 1 atom stereocenters. The first-order valence-corrected chi connectivity index (χ1v) is 8.36. The molecule has 0 N–H and O–H groups in total. The second-order valence-corrected chi connectivity index (χ2v) is 6.43. The maximum atomic E-state index is 12.7. The first kappa shape index (κ1) is 14.9. The lowest BCUT2D eigenvalue weighted by Crippen LogP contribution is -2.44. The van der Waals surface area contributed by atoms with Gasteiger partial charge in [-0.3, -0.25) is 14.3 Å². The summed E-state index contributed by atoms with van der Waals surface area (Å²) in [5, 5.41) is 4.23. The molecule has 24 heavy (non-hydrogen) atoms. The molecule has 1 aromatic carbocycles. The van der Waals surface area contributed by atoms with Crippen molar-refractivity contribution in [3.8, 4) is 0 Å². The van der Waals surface area contributed by atoms with Crippen LogP contribution in [0.2, 0.25) is 0 Å². The van der Waals surface area contributed by atoms with Crippen LogP contribution >= 0.6 is 0 Å². The molecule has 0 unspecified atom stereocenters. The van der Waals surface area contributed by atoms with Crippen molar-refractivity contribution in [2.45, 2.75) is 32.0 Å². The Morgan fingerprint density at radius 3 is 2.92 bits per heavy atom. The van der Waals surface area contributed by atoms with Crippen LogP contribution in [0.25, 0.3) is 0 Å². The van der Waals surface area contributed by atoms with Gasteiger partial charge in [0, 0.05) is 31.0 Å². The summed E-state index contributed by atoms with van der Waals surface area (Å²) in [5.74, 6) is -0.00687. The summed E-state index contributed by atoms with van der Waals surface area (Å²) < 4.78 is 1.87. The molecule has 2 aliphatic rings. The summed E-state index contributed by atoms with van der Waals surface area (Å²) in [7, 11) is 0. The molecule has 6 heteroatoms. The first-order valence-electron chi connectivity index (χ1n) is 8.36. The fourth-order valence-electron chi connectivity index (χ4n) is 3.67. The van der Waals surface area contributed by atoms with E-state index >= 15 is 0 Å². The molecule has 1 fully saturated rings. The van der Waals surface area contributed by atoms with E-state index in [1.165, 1.54) is 0 Å². The Morgan fingerprint density at radius 1 is 1.25 bits per heavy atom. The van der Waals surface area contributed by atoms with Gasteiger partial charge in [0.25, 0.3) is 5.91 Å². The summed E-state index contributed by atoms with van der Waals surface area (Å²) in [6.45, 7) is 2.16. The zero-order valence-corrected chi connectivity index (χ0v) is 13.5. The normalized spacial score (nSPS) is 19.8. The Bertz CT molecular complexity index is 756. The number of amides is 2. The fraction of sp³-hybridized carbons (Fsp3) is 0.389. The Kier molecular flexibility index (Phi) is 3.80. The van der Waals surface area contributed by atoms with Gasteiger partial charge in [0.15, 0.2) is 0 Å². The zero-order chi connectivity index (χ0) is 16.5. The Balaban J connectivity index is 1.42. The number of fused-ring (bicyclic) bond motifs is 1. The van der Waals surface area contributed by atoms with Gasteiger partial charge in [-0.1, -0.05) is 18.2 Å². The van der Waals surface area contributed by atoms with Crippen molar-refractivity contribution in [1.29, 1.82) is 0 Å². The smallest absolute Gasteiger partial charge is 0.254 e. The average molecular weight is 324 g/mol. The summed E-state index contributed by atoms with van der Waals surface area (Å²) >= 11 is 0. The van der Waals surface area contributed by atoms with Gasteiger partial charge in [-0.25, -0.2) is 0 Å².